The highest BCUT2D eigenvalue weighted by atomic mass is 35.5. The standard InChI is InChI=1S/C17H20ClNS/c1-12-4-3-5-13(2)17(12)10-15(19)11-20-16-8-6-14(18)7-9-16/h3-9,15H,10-11,19H2,1-2H3. The smallest absolute Gasteiger partial charge is 0.0406 e. The van der Waals surface area contributed by atoms with Gasteiger partial charge in [-0.2, -0.15) is 0 Å². The first-order valence-electron chi connectivity index (χ1n) is 6.75. The molecule has 1 nitrogen and oxygen atoms in total. The van der Waals surface area contributed by atoms with Gasteiger partial charge in [-0.3, -0.25) is 0 Å². The first-order valence-corrected chi connectivity index (χ1v) is 8.11. The molecule has 0 saturated carbocycles. The lowest BCUT2D eigenvalue weighted by Gasteiger charge is -2.15. The second-order valence-corrected chi connectivity index (χ2v) is 6.63. The maximum Gasteiger partial charge on any atom is 0.0406 e. The molecule has 0 fully saturated rings. The van der Waals surface area contributed by atoms with Crippen LogP contribution in [0.25, 0.3) is 0 Å². The van der Waals surface area contributed by atoms with Crippen molar-refractivity contribution in [2.24, 2.45) is 5.73 Å². The second-order valence-electron chi connectivity index (χ2n) is 5.10. The van der Waals surface area contributed by atoms with Gasteiger partial charge in [0.2, 0.25) is 0 Å². The molecule has 106 valence electrons. The second kappa shape index (κ2) is 7.16. The molecule has 0 bridgehead atoms. The fourth-order valence-corrected chi connectivity index (χ4v) is 3.21. The Balaban J connectivity index is 1.92. The topological polar surface area (TPSA) is 26.0 Å². The zero-order chi connectivity index (χ0) is 14.5. The summed E-state index contributed by atoms with van der Waals surface area (Å²) in [5.74, 6) is 0.912. The molecule has 0 spiro atoms. The fourth-order valence-electron chi connectivity index (χ4n) is 2.23. The zero-order valence-corrected chi connectivity index (χ0v) is 13.5. The molecular formula is C17H20ClNS. The Kier molecular flexibility index (Phi) is 5.53. The minimum Gasteiger partial charge on any atom is -0.327 e. The third-order valence-electron chi connectivity index (χ3n) is 3.39. The molecule has 0 aliphatic rings. The first-order chi connectivity index (χ1) is 9.56. The van der Waals surface area contributed by atoms with E-state index in [2.05, 4.69) is 32.0 Å². The number of hydrogen-bond acceptors (Lipinski definition) is 2. The van der Waals surface area contributed by atoms with Gasteiger partial charge in [0.25, 0.3) is 0 Å². The van der Waals surface area contributed by atoms with Gasteiger partial charge in [0, 0.05) is 21.7 Å². The summed E-state index contributed by atoms with van der Waals surface area (Å²) in [6.45, 7) is 4.31. The summed E-state index contributed by atoms with van der Waals surface area (Å²) in [6, 6.07) is 14.5. The van der Waals surface area contributed by atoms with Crippen LogP contribution in [0.5, 0.6) is 0 Å². The molecule has 1 atom stereocenters. The molecule has 0 aromatic heterocycles. The maximum atomic E-state index is 6.27. The summed E-state index contributed by atoms with van der Waals surface area (Å²) in [6.07, 6.45) is 0.930. The summed E-state index contributed by atoms with van der Waals surface area (Å²) in [5.41, 5.74) is 10.3. The van der Waals surface area contributed by atoms with Gasteiger partial charge in [0.15, 0.2) is 0 Å². The van der Waals surface area contributed by atoms with Crippen LogP contribution < -0.4 is 5.73 Å². The van der Waals surface area contributed by atoms with Crippen LogP contribution in [0.4, 0.5) is 0 Å². The van der Waals surface area contributed by atoms with Crippen LogP contribution in [0.2, 0.25) is 5.02 Å². The maximum absolute atomic E-state index is 6.27. The molecule has 3 heteroatoms. The number of hydrogen-bond donors (Lipinski definition) is 1. The van der Waals surface area contributed by atoms with Crippen LogP contribution in [0.1, 0.15) is 16.7 Å². The lowest BCUT2D eigenvalue weighted by Crippen LogP contribution is -2.26. The number of nitrogens with two attached hydrogens (primary N) is 1. The van der Waals surface area contributed by atoms with E-state index in [1.807, 2.05) is 24.3 Å². The van der Waals surface area contributed by atoms with E-state index in [0.29, 0.717) is 0 Å². The number of benzene rings is 2. The minimum absolute atomic E-state index is 0.162. The molecule has 0 aliphatic heterocycles. The Morgan fingerprint density at radius 2 is 1.65 bits per heavy atom. The molecule has 0 amide bonds. The Morgan fingerprint density at radius 3 is 2.25 bits per heavy atom. The molecule has 1 unspecified atom stereocenters. The Morgan fingerprint density at radius 1 is 1.05 bits per heavy atom. The zero-order valence-electron chi connectivity index (χ0n) is 11.9. The van der Waals surface area contributed by atoms with Gasteiger partial charge < -0.3 is 5.73 Å². The van der Waals surface area contributed by atoms with Crippen molar-refractivity contribution < 1.29 is 0 Å². The molecule has 2 N–H and O–H groups in total. The van der Waals surface area contributed by atoms with E-state index in [1.165, 1.54) is 21.6 Å². The van der Waals surface area contributed by atoms with Crippen molar-refractivity contribution in [3.63, 3.8) is 0 Å². The van der Waals surface area contributed by atoms with Gasteiger partial charge >= 0.3 is 0 Å². The number of rotatable bonds is 5. The normalized spacial score (nSPS) is 12.4. The molecule has 0 aliphatic carbocycles. The summed E-state index contributed by atoms with van der Waals surface area (Å²) in [7, 11) is 0. The third-order valence-corrected chi connectivity index (χ3v) is 4.84. The van der Waals surface area contributed by atoms with E-state index in [4.69, 9.17) is 17.3 Å². The predicted octanol–water partition coefficient (Wildman–Crippen LogP) is 4.62. The van der Waals surface area contributed by atoms with Crippen molar-refractivity contribution in [1.29, 1.82) is 0 Å². The number of halogens is 1. The van der Waals surface area contributed by atoms with Gasteiger partial charge in [0.1, 0.15) is 0 Å². The Hall–Kier alpha value is -0.960. The molecular weight excluding hydrogens is 286 g/mol. The third kappa shape index (κ3) is 4.27. The molecule has 0 heterocycles. The predicted molar refractivity (Wildman–Crippen MR) is 89.8 cm³/mol. The van der Waals surface area contributed by atoms with E-state index in [-0.39, 0.29) is 6.04 Å². The van der Waals surface area contributed by atoms with Crippen molar-refractivity contribution in [3.05, 3.63) is 64.2 Å². The minimum atomic E-state index is 0.162. The largest absolute Gasteiger partial charge is 0.327 e. The van der Waals surface area contributed by atoms with Crippen molar-refractivity contribution in [2.45, 2.75) is 31.2 Å². The first kappa shape index (κ1) is 15.4. The molecule has 0 saturated heterocycles. The summed E-state index contributed by atoms with van der Waals surface area (Å²) in [5, 5.41) is 0.772. The fraction of sp³-hybridized carbons (Fsp3) is 0.294. The molecule has 2 rings (SSSR count). The van der Waals surface area contributed by atoms with Crippen LogP contribution in [0, 0.1) is 13.8 Å². The van der Waals surface area contributed by atoms with Crippen molar-refractivity contribution in [2.75, 3.05) is 5.75 Å². The summed E-state index contributed by atoms with van der Waals surface area (Å²) < 4.78 is 0. The lowest BCUT2D eigenvalue weighted by atomic mass is 9.97. The molecule has 2 aromatic rings. The van der Waals surface area contributed by atoms with Crippen LogP contribution >= 0.6 is 23.4 Å². The van der Waals surface area contributed by atoms with Crippen LogP contribution in [-0.2, 0) is 6.42 Å². The average molecular weight is 306 g/mol. The van der Waals surface area contributed by atoms with Crippen LogP contribution in [0.3, 0.4) is 0 Å². The van der Waals surface area contributed by atoms with Gasteiger partial charge in [-0.15, -0.1) is 11.8 Å². The number of thioether (sulfide) groups is 1. The SMILES string of the molecule is Cc1cccc(C)c1CC(N)CSc1ccc(Cl)cc1. The monoisotopic (exact) mass is 305 g/mol. The van der Waals surface area contributed by atoms with Crippen molar-refractivity contribution in [3.8, 4) is 0 Å². The van der Waals surface area contributed by atoms with Gasteiger partial charge in [-0.25, -0.2) is 0 Å². The van der Waals surface area contributed by atoms with E-state index in [1.54, 1.807) is 11.8 Å². The van der Waals surface area contributed by atoms with Gasteiger partial charge in [-0.1, -0.05) is 29.8 Å². The lowest BCUT2D eigenvalue weighted by molar-refractivity contribution is 0.741. The van der Waals surface area contributed by atoms with Crippen molar-refractivity contribution in [1.82, 2.24) is 0 Å². The highest BCUT2D eigenvalue weighted by Crippen LogP contribution is 2.22. The molecule has 2 aromatic carbocycles. The molecule has 0 radical (unpaired) electrons. The number of aryl methyl sites for hydroxylation is 2. The van der Waals surface area contributed by atoms with E-state index >= 15 is 0 Å². The van der Waals surface area contributed by atoms with E-state index in [0.717, 1.165) is 17.2 Å². The Labute approximate surface area is 130 Å². The summed E-state index contributed by atoms with van der Waals surface area (Å²) in [4.78, 5) is 1.21. The van der Waals surface area contributed by atoms with E-state index < -0.39 is 0 Å². The molecule has 20 heavy (non-hydrogen) atoms. The Bertz CT molecular complexity index is 545. The van der Waals surface area contributed by atoms with Crippen molar-refractivity contribution >= 4 is 23.4 Å². The highest BCUT2D eigenvalue weighted by molar-refractivity contribution is 7.99. The average Bonchev–Trinajstić information content (AvgIpc) is 2.42. The van der Waals surface area contributed by atoms with Crippen LogP contribution in [0.15, 0.2) is 47.4 Å². The van der Waals surface area contributed by atoms with E-state index in [9.17, 15) is 0 Å². The highest BCUT2D eigenvalue weighted by Gasteiger charge is 2.09. The quantitative estimate of drug-likeness (QED) is 0.816. The van der Waals surface area contributed by atoms with Gasteiger partial charge in [0.05, 0.1) is 0 Å². The van der Waals surface area contributed by atoms with Gasteiger partial charge in [-0.05, 0) is 61.2 Å². The summed E-state index contributed by atoms with van der Waals surface area (Å²) >= 11 is 7.67. The van der Waals surface area contributed by atoms with Crippen LogP contribution in [-0.4, -0.2) is 11.8 Å².